The predicted octanol–water partition coefficient (Wildman–Crippen LogP) is 8.26. The highest BCUT2D eigenvalue weighted by molar-refractivity contribution is 5.93. The van der Waals surface area contributed by atoms with Gasteiger partial charge in [-0.1, -0.05) is 109 Å². The number of carbonyl (C=O) groups excluding carboxylic acids is 2. The van der Waals surface area contributed by atoms with Crippen molar-refractivity contribution in [3.8, 4) is 33.6 Å². The molecule has 2 aromatic heterocycles. The van der Waals surface area contributed by atoms with Gasteiger partial charge < -0.3 is 24.5 Å². The average molecular weight is 819 g/mol. The summed E-state index contributed by atoms with van der Waals surface area (Å²) in [4.78, 5) is 61.8. The molecule has 2 fully saturated rings. The minimum Gasteiger partial charge on any atom is -0.476 e. The molecule has 61 heavy (non-hydrogen) atoms. The summed E-state index contributed by atoms with van der Waals surface area (Å²) in [6.45, 7) is 3.76. The zero-order valence-electron chi connectivity index (χ0n) is 35.5. The first kappa shape index (κ1) is 41.4. The molecular formula is C49H54N8O4. The Morgan fingerprint density at radius 1 is 0.689 bits per heavy atom. The molecule has 0 spiro atoms. The molecule has 2 saturated heterocycles. The second-order valence-corrected chi connectivity index (χ2v) is 16.5. The number of benzene rings is 4. The van der Waals surface area contributed by atoms with E-state index < -0.39 is 12.0 Å². The Morgan fingerprint density at radius 3 is 1.66 bits per heavy atom. The molecule has 12 nitrogen and oxygen atoms in total. The van der Waals surface area contributed by atoms with Gasteiger partial charge in [0.05, 0.1) is 29.7 Å². The van der Waals surface area contributed by atoms with Gasteiger partial charge in [0, 0.05) is 25.2 Å². The normalized spacial score (nSPS) is 17.6. The molecule has 4 aromatic carbocycles. The number of imidazole rings is 2. The maximum Gasteiger partial charge on any atom is 0.356 e. The minimum absolute atomic E-state index is 0.0156. The van der Waals surface area contributed by atoms with Gasteiger partial charge >= 0.3 is 5.97 Å². The first-order chi connectivity index (χ1) is 29.5. The summed E-state index contributed by atoms with van der Waals surface area (Å²) in [5.41, 5.74) is 7.01. The van der Waals surface area contributed by atoms with Gasteiger partial charge in [-0.2, -0.15) is 0 Å². The summed E-state index contributed by atoms with van der Waals surface area (Å²) >= 11 is 0. The molecule has 314 valence electrons. The lowest BCUT2D eigenvalue weighted by atomic mass is 10.0. The Morgan fingerprint density at radius 2 is 1.16 bits per heavy atom. The van der Waals surface area contributed by atoms with Crippen molar-refractivity contribution in [2.45, 2.75) is 63.3 Å². The molecule has 2 aliphatic heterocycles. The third-order valence-electron chi connectivity index (χ3n) is 12.2. The van der Waals surface area contributed by atoms with Crippen LogP contribution in [0.3, 0.4) is 0 Å². The third kappa shape index (κ3) is 8.13. The average Bonchev–Trinajstić information content (AvgIpc) is 4.10. The van der Waals surface area contributed by atoms with Crippen molar-refractivity contribution in [1.29, 1.82) is 0 Å². The Labute approximate surface area is 357 Å². The van der Waals surface area contributed by atoms with E-state index in [-0.39, 0.29) is 35.6 Å². The number of nitrogens with zero attached hydrogens (tertiary/aromatic N) is 7. The number of likely N-dealkylation sites (tertiary alicyclic amines) is 2. The second kappa shape index (κ2) is 17.7. The number of likely N-dealkylation sites (N-methyl/N-ethyl adjacent to an activating group) is 2. The molecule has 4 atom stereocenters. The molecule has 12 heteroatoms. The Hall–Kier alpha value is -6.37. The summed E-state index contributed by atoms with van der Waals surface area (Å²) in [5.74, 6) is 0.351. The number of carboxylic acid groups (broad SMARTS) is 1. The van der Waals surface area contributed by atoms with Crippen LogP contribution < -0.4 is 0 Å². The van der Waals surface area contributed by atoms with Gasteiger partial charge in [0.25, 0.3) is 0 Å². The van der Waals surface area contributed by atoms with Crippen molar-refractivity contribution in [2.24, 2.45) is 0 Å². The van der Waals surface area contributed by atoms with Crippen molar-refractivity contribution in [1.82, 2.24) is 39.1 Å². The summed E-state index contributed by atoms with van der Waals surface area (Å²) in [7, 11) is 7.70. The molecule has 2 aliphatic rings. The number of aromatic nitrogens is 4. The Kier molecular flexibility index (Phi) is 12.0. The molecule has 0 bridgehead atoms. The van der Waals surface area contributed by atoms with E-state index in [4.69, 9.17) is 9.97 Å². The highest BCUT2D eigenvalue weighted by Crippen LogP contribution is 2.39. The van der Waals surface area contributed by atoms with Crippen LogP contribution in [0.1, 0.15) is 90.0 Å². The molecule has 0 aliphatic carbocycles. The summed E-state index contributed by atoms with van der Waals surface area (Å²) in [6.07, 6.45) is 5.12. The standard InChI is InChI=1S/C49H54N8O4/c1-6-55-42(41(49(60)61)52-46(55)40-20-14-30-57(40)48(59)44(54(4)5)36-17-11-8-12-18-36)37-27-23-33(24-28-37)32-21-25-34(26-22-32)38-31-50-45(51-38)39-19-13-29-56(39)47(58)43(53(2)3)35-15-9-7-10-16-35/h7-12,15-18,21-28,31,39-40,43-44H,6,13-14,19-20,29-30H2,1-5H3,(H,50,51)(H,60,61)/t39-,40-,43+,44+/m0/s1. The maximum absolute atomic E-state index is 14.2. The fraction of sp³-hybridized carbons (Fsp3) is 0.327. The molecule has 0 saturated carbocycles. The van der Waals surface area contributed by atoms with Crippen molar-refractivity contribution < 1.29 is 19.5 Å². The van der Waals surface area contributed by atoms with Gasteiger partial charge in [-0.25, -0.2) is 14.8 Å². The minimum atomic E-state index is -1.10. The number of carboxylic acids is 1. The largest absolute Gasteiger partial charge is 0.476 e. The van der Waals surface area contributed by atoms with Crippen LogP contribution in [0, 0.1) is 0 Å². The zero-order chi connectivity index (χ0) is 42.8. The second-order valence-electron chi connectivity index (χ2n) is 16.5. The predicted molar refractivity (Wildman–Crippen MR) is 236 cm³/mol. The van der Waals surface area contributed by atoms with Gasteiger partial charge in [0.15, 0.2) is 5.69 Å². The van der Waals surface area contributed by atoms with Crippen LogP contribution in [0.2, 0.25) is 0 Å². The van der Waals surface area contributed by atoms with Gasteiger partial charge in [0.2, 0.25) is 11.8 Å². The van der Waals surface area contributed by atoms with E-state index in [2.05, 4.69) is 29.2 Å². The van der Waals surface area contributed by atoms with Crippen molar-refractivity contribution in [3.63, 3.8) is 0 Å². The summed E-state index contributed by atoms with van der Waals surface area (Å²) in [6, 6.07) is 34.5. The molecule has 4 heterocycles. The fourth-order valence-corrected chi connectivity index (χ4v) is 9.32. The highest BCUT2D eigenvalue weighted by atomic mass is 16.4. The van der Waals surface area contributed by atoms with E-state index in [9.17, 15) is 19.5 Å². The number of amides is 2. The van der Waals surface area contributed by atoms with Crippen molar-refractivity contribution in [3.05, 3.63) is 144 Å². The monoisotopic (exact) mass is 818 g/mol. The molecule has 6 aromatic rings. The first-order valence-corrected chi connectivity index (χ1v) is 21.2. The van der Waals surface area contributed by atoms with Crippen LogP contribution >= 0.6 is 0 Å². The van der Waals surface area contributed by atoms with Crippen molar-refractivity contribution in [2.75, 3.05) is 41.3 Å². The number of aromatic carboxylic acids is 1. The summed E-state index contributed by atoms with van der Waals surface area (Å²) < 4.78 is 1.97. The lowest BCUT2D eigenvalue weighted by Gasteiger charge is -2.32. The maximum atomic E-state index is 14.2. The number of H-pyrrole nitrogens is 1. The number of hydrogen-bond donors (Lipinski definition) is 2. The number of hydrogen-bond acceptors (Lipinski definition) is 7. The van der Waals surface area contributed by atoms with E-state index in [1.54, 1.807) is 0 Å². The molecule has 2 N–H and O–H groups in total. The summed E-state index contributed by atoms with van der Waals surface area (Å²) in [5, 5.41) is 10.4. The van der Waals surface area contributed by atoms with E-state index >= 15 is 0 Å². The van der Waals surface area contributed by atoms with Gasteiger partial charge in [-0.15, -0.1) is 0 Å². The third-order valence-corrected chi connectivity index (χ3v) is 12.2. The SMILES string of the molecule is CCn1c([C@@H]2CCCN2C(=O)[C@@H](c2ccccc2)N(C)C)nc(C(=O)O)c1-c1ccc(-c2ccc(-c3cnc([C@@H]4CCCN4C(=O)[C@@H](c4ccccc4)N(C)C)[nH]3)cc2)cc1. The van der Waals surface area contributed by atoms with E-state index in [0.29, 0.717) is 37.6 Å². The number of carbonyl (C=O) groups is 3. The van der Waals surface area contributed by atoms with Gasteiger partial charge in [-0.05, 0) is 88.6 Å². The smallest absolute Gasteiger partial charge is 0.356 e. The van der Waals surface area contributed by atoms with Crippen LogP contribution in [-0.4, -0.2) is 103 Å². The van der Waals surface area contributed by atoms with Crippen molar-refractivity contribution >= 4 is 17.8 Å². The number of nitrogens with one attached hydrogen (secondary N) is 1. The van der Waals surface area contributed by atoms with Gasteiger partial charge in [0.1, 0.15) is 23.7 Å². The van der Waals surface area contributed by atoms with E-state index in [1.165, 1.54) is 0 Å². The first-order valence-electron chi connectivity index (χ1n) is 21.2. The van der Waals surface area contributed by atoms with E-state index in [1.807, 2.05) is 150 Å². The molecule has 2 amide bonds. The van der Waals surface area contributed by atoms with E-state index in [0.717, 1.165) is 64.2 Å². The van der Waals surface area contributed by atoms with Gasteiger partial charge in [-0.3, -0.25) is 19.4 Å². The van der Waals surface area contributed by atoms with Crippen LogP contribution in [0.5, 0.6) is 0 Å². The Bertz CT molecular complexity index is 2480. The molecule has 0 radical (unpaired) electrons. The lowest BCUT2D eigenvalue weighted by molar-refractivity contribution is -0.138. The molecule has 0 unspecified atom stereocenters. The number of aromatic amines is 1. The Balaban J connectivity index is 1.01. The van der Waals surface area contributed by atoms with Crippen LogP contribution in [0.15, 0.2) is 115 Å². The van der Waals surface area contributed by atoms with Crippen LogP contribution in [-0.2, 0) is 16.1 Å². The fourth-order valence-electron chi connectivity index (χ4n) is 9.32. The quantitative estimate of drug-likeness (QED) is 0.119. The van der Waals surface area contributed by atoms with Crippen LogP contribution in [0.4, 0.5) is 0 Å². The molecule has 8 rings (SSSR count). The van der Waals surface area contributed by atoms with Crippen LogP contribution in [0.25, 0.3) is 33.6 Å². The highest BCUT2D eigenvalue weighted by Gasteiger charge is 2.40. The molecular weight excluding hydrogens is 765 g/mol. The number of rotatable bonds is 13. The lowest BCUT2D eigenvalue weighted by Crippen LogP contribution is -2.40. The topological polar surface area (TPSA) is 131 Å². The zero-order valence-corrected chi connectivity index (χ0v) is 35.5.